The third-order valence-corrected chi connectivity index (χ3v) is 4.25. The number of nitrogens with zero attached hydrogens (tertiary/aromatic N) is 1. The summed E-state index contributed by atoms with van der Waals surface area (Å²) in [6.45, 7) is 1.94. The molecule has 0 radical (unpaired) electrons. The van der Waals surface area contributed by atoms with E-state index in [2.05, 4.69) is 5.32 Å². The van der Waals surface area contributed by atoms with Crippen LogP contribution in [0.5, 0.6) is 0 Å². The Morgan fingerprint density at radius 3 is 2.39 bits per heavy atom. The summed E-state index contributed by atoms with van der Waals surface area (Å²) in [6, 6.07) is 15.9. The molecule has 120 valence electrons. The van der Waals surface area contributed by atoms with Crippen LogP contribution in [0.1, 0.15) is 30.0 Å². The van der Waals surface area contributed by atoms with Crippen molar-refractivity contribution in [3.05, 3.63) is 71.5 Å². The molecule has 3 nitrogen and oxygen atoms in total. The van der Waals surface area contributed by atoms with E-state index in [-0.39, 0.29) is 11.7 Å². The Morgan fingerprint density at radius 1 is 1.04 bits per heavy atom. The molecule has 1 fully saturated rings. The SMILES string of the molecule is O=C(C(NCc1ccccc1F)c1ccccc1)N1CCCC1. The summed E-state index contributed by atoms with van der Waals surface area (Å²) in [6.07, 6.45) is 2.11. The van der Waals surface area contributed by atoms with Crippen molar-refractivity contribution in [1.29, 1.82) is 0 Å². The molecule has 0 aromatic heterocycles. The van der Waals surface area contributed by atoms with Crippen molar-refractivity contribution in [2.45, 2.75) is 25.4 Å². The van der Waals surface area contributed by atoms with Crippen molar-refractivity contribution < 1.29 is 9.18 Å². The van der Waals surface area contributed by atoms with Crippen LogP contribution in [0.25, 0.3) is 0 Å². The van der Waals surface area contributed by atoms with E-state index in [1.807, 2.05) is 35.2 Å². The Balaban J connectivity index is 1.78. The van der Waals surface area contributed by atoms with E-state index in [0.29, 0.717) is 12.1 Å². The molecule has 1 amide bonds. The van der Waals surface area contributed by atoms with Gasteiger partial charge in [-0.05, 0) is 24.5 Å². The monoisotopic (exact) mass is 312 g/mol. The number of likely N-dealkylation sites (tertiary alicyclic amines) is 1. The lowest BCUT2D eigenvalue weighted by atomic mass is 10.0. The second-order valence-electron chi connectivity index (χ2n) is 5.85. The van der Waals surface area contributed by atoms with Gasteiger partial charge in [-0.1, -0.05) is 48.5 Å². The van der Waals surface area contributed by atoms with Gasteiger partial charge in [0.25, 0.3) is 0 Å². The zero-order valence-electron chi connectivity index (χ0n) is 13.0. The first kappa shape index (κ1) is 15.7. The Hall–Kier alpha value is -2.20. The maximum absolute atomic E-state index is 13.8. The Labute approximate surface area is 136 Å². The van der Waals surface area contributed by atoms with Crippen LogP contribution < -0.4 is 5.32 Å². The van der Waals surface area contributed by atoms with E-state index in [1.165, 1.54) is 6.07 Å². The molecule has 0 saturated carbocycles. The molecule has 0 spiro atoms. The number of hydrogen-bond donors (Lipinski definition) is 1. The maximum atomic E-state index is 13.8. The molecule has 0 bridgehead atoms. The molecule has 2 aromatic rings. The number of rotatable bonds is 5. The van der Waals surface area contributed by atoms with Crippen LogP contribution in [-0.4, -0.2) is 23.9 Å². The van der Waals surface area contributed by atoms with E-state index < -0.39 is 6.04 Å². The van der Waals surface area contributed by atoms with Gasteiger partial charge in [-0.15, -0.1) is 0 Å². The predicted molar refractivity (Wildman–Crippen MR) is 88.2 cm³/mol. The van der Waals surface area contributed by atoms with Gasteiger partial charge in [0.1, 0.15) is 11.9 Å². The average molecular weight is 312 g/mol. The predicted octanol–water partition coefficient (Wildman–Crippen LogP) is 3.28. The number of hydrogen-bond acceptors (Lipinski definition) is 2. The molecule has 4 heteroatoms. The highest BCUT2D eigenvalue weighted by molar-refractivity contribution is 5.83. The van der Waals surface area contributed by atoms with Gasteiger partial charge in [0.05, 0.1) is 0 Å². The molecule has 1 atom stereocenters. The second kappa shape index (κ2) is 7.38. The van der Waals surface area contributed by atoms with Gasteiger partial charge in [0.15, 0.2) is 0 Å². The Bertz CT molecular complexity index is 653. The van der Waals surface area contributed by atoms with E-state index in [1.54, 1.807) is 18.2 Å². The number of amides is 1. The Morgan fingerprint density at radius 2 is 1.70 bits per heavy atom. The first-order valence-corrected chi connectivity index (χ1v) is 8.06. The van der Waals surface area contributed by atoms with Crippen LogP contribution in [0.3, 0.4) is 0 Å². The molecule has 0 aliphatic carbocycles. The van der Waals surface area contributed by atoms with Crippen molar-refractivity contribution in [3.63, 3.8) is 0 Å². The smallest absolute Gasteiger partial charge is 0.244 e. The number of carbonyl (C=O) groups is 1. The minimum atomic E-state index is -0.436. The zero-order chi connectivity index (χ0) is 16.1. The largest absolute Gasteiger partial charge is 0.341 e. The van der Waals surface area contributed by atoms with Crippen molar-refractivity contribution in [3.8, 4) is 0 Å². The van der Waals surface area contributed by atoms with Gasteiger partial charge in [0.2, 0.25) is 5.91 Å². The van der Waals surface area contributed by atoms with Crippen molar-refractivity contribution >= 4 is 5.91 Å². The number of halogens is 1. The molecular formula is C19H21FN2O. The highest BCUT2D eigenvalue weighted by atomic mass is 19.1. The van der Waals surface area contributed by atoms with Gasteiger partial charge < -0.3 is 4.90 Å². The molecule has 3 rings (SSSR count). The molecular weight excluding hydrogens is 291 g/mol. The van der Waals surface area contributed by atoms with E-state index >= 15 is 0 Å². The molecule has 2 aromatic carbocycles. The number of carbonyl (C=O) groups excluding carboxylic acids is 1. The topological polar surface area (TPSA) is 32.3 Å². The quantitative estimate of drug-likeness (QED) is 0.919. The molecule has 23 heavy (non-hydrogen) atoms. The summed E-state index contributed by atoms with van der Waals surface area (Å²) in [4.78, 5) is 14.7. The summed E-state index contributed by atoms with van der Waals surface area (Å²) >= 11 is 0. The molecule has 1 N–H and O–H groups in total. The molecule has 1 aliphatic rings. The summed E-state index contributed by atoms with van der Waals surface area (Å²) < 4.78 is 13.8. The molecule has 1 unspecified atom stereocenters. The summed E-state index contributed by atoms with van der Waals surface area (Å²) in [7, 11) is 0. The fourth-order valence-electron chi connectivity index (χ4n) is 2.97. The second-order valence-corrected chi connectivity index (χ2v) is 5.85. The standard InChI is InChI=1S/C19H21FN2O/c20-17-11-5-4-10-16(17)14-21-18(15-8-2-1-3-9-15)19(23)22-12-6-7-13-22/h1-5,8-11,18,21H,6-7,12-14H2. The minimum Gasteiger partial charge on any atom is -0.341 e. The lowest BCUT2D eigenvalue weighted by Gasteiger charge is -2.24. The van der Waals surface area contributed by atoms with Crippen molar-refractivity contribution in [2.24, 2.45) is 0 Å². The maximum Gasteiger partial charge on any atom is 0.244 e. The fraction of sp³-hybridized carbons (Fsp3) is 0.316. The van der Waals surface area contributed by atoms with Crippen LogP contribution in [0.15, 0.2) is 54.6 Å². The summed E-state index contributed by atoms with van der Waals surface area (Å²) in [5.41, 5.74) is 1.49. The van der Waals surface area contributed by atoms with Crippen molar-refractivity contribution in [1.82, 2.24) is 10.2 Å². The van der Waals surface area contributed by atoms with Crippen LogP contribution in [-0.2, 0) is 11.3 Å². The van der Waals surface area contributed by atoms with E-state index in [4.69, 9.17) is 0 Å². The highest BCUT2D eigenvalue weighted by Crippen LogP contribution is 2.20. The van der Waals surface area contributed by atoms with Gasteiger partial charge in [-0.2, -0.15) is 0 Å². The van der Waals surface area contributed by atoms with Gasteiger partial charge >= 0.3 is 0 Å². The number of benzene rings is 2. The lowest BCUT2D eigenvalue weighted by Crippen LogP contribution is -2.39. The first-order valence-electron chi connectivity index (χ1n) is 8.06. The van der Waals surface area contributed by atoms with Gasteiger partial charge in [-0.25, -0.2) is 4.39 Å². The van der Waals surface area contributed by atoms with E-state index in [9.17, 15) is 9.18 Å². The molecule has 1 aliphatic heterocycles. The summed E-state index contributed by atoms with van der Waals surface area (Å²) in [5, 5.41) is 3.24. The number of nitrogens with one attached hydrogen (secondary N) is 1. The zero-order valence-corrected chi connectivity index (χ0v) is 13.0. The minimum absolute atomic E-state index is 0.0741. The van der Waals surface area contributed by atoms with Crippen LogP contribution in [0, 0.1) is 5.82 Å². The molecule has 1 saturated heterocycles. The third-order valence-electron chi connectivity index (χ3n) is 4.25. The van der Waals surface area contributed by atoms with E-state index in [0.717, 1.165) is 31.5 Å². The van der Waals surface area contributed by atoms with Gasteiger partial charge in [0, 0.05) is 25.2 Å². The highest BCUT2D eigenvalue weighted by Gasteiger charge is 2.27. The third kappa shape index (κ3) is 3.77. The van der Waals surface area contributed by atoms with Gasteiger partial charge in [-0.3, -0.25) is 10.1 Å². The lowest BCUT2D eigenvalue weighted by molar-refractivity contribution is -0.132. The summed E-state index contributed by atoms with van der Waals surface area (Å²) in [5.74, 6) is -0.175. The fourth-order valence-corrected chi connectivity index (χ4v) is 2.97. The van der Waals surface area contributed by atoms with Crippen molar-refractivity contribution in [2.75, 3.05) is 13.1 Å². The first-order chi connectivity index (χ1) is 11.3. The Kier molecular flexibility index (Phi) is 5.03. The normalized spacial score (nSPS) is 15.6. The average Bonchev–Trinajstić information content (AvgIpc) is 3.12. The van der Waals surface area contributed by atoms with Crippen LogP contribution in [0.4, 0.5) is 4.39 Å². The molecule has 1 heterocycles. The van der Waals surface area contributed by atoms with Crippen LogP contribution >= 0.6 is 0 Å². The van der Waals surface area contributed by atoms with Crippen LogP contribution in [0.2, 0.25) is 0 Å².